The van der Waals surface area contributed by atoms with E-state index in [2.05, 4.69) is 57.2 Å². The summed E-state index contributed by atoms with van der Waals surface area (Å²) >= 11 is 0. The van der Waals surface area contributed by atoms with Crippen LogP contribution in [-0.4, -0.2) is 37.2 Å². The second-order valence-corrected chi connectivity index (χ2v) is 17.6. The maximum Gasteiger partial charge on any atom is 0.306 e. The van der Waals surface area contributed by atoms with Gasteiger partial charge in [0.15, 0.2) is 6.10 Å². The van der Waals surface area contributed by atoms with Gasteiger partial charge in [0.05, 0.1) is 0 Å². The fourth-order valence-electron chi connectivity index (χ4n) is 7.41. The molecule has 0 aromatic rings. The normalized spacial score (nSPS) is 12.5. The summed E-state index contributed by atoms with van der Waals surface area (Å²) < 4.78 is 16.8. The second kappa shape index (κ2) is 50.8. The number of carbonyl (C=O) groups excluding carboxylic acids is 3. The van der Waals surface area contributed by atoms with Gasteiger partial charge in [-0.05, 0) is 38.5 Å². The van der Waals surface area contributed by atoms with Gasteiger partial charge in [-0.1, -0.05) is 261 Å². The number of allylic oxidation sites excluding steroid dienone is 10. The van der Waals surface area contributed by atoms with Crippen LogP contribution in [0.3, 0.4) is 0 Å². The largest absolute Gasteiger partial charge is 0.462 e. The molecule has 0 rings (SSSR count). The molecule has 0 saturated heterocycles. The molecule has 6 heteroatoms. The molecule has 0 fully saturated rings. The highest BCUT2D eigenvalue weighted by Crippen LogP contribution is 2.16. The van der Waals surface area contributed by atoms with Gasteiger partial charge in [0.25, 0.3) is 0 Å². The van der Waals surface area contributed by atoms with E-state index >= 15 is 0 Å². The van der Waals surface area contributed by atoms with E-state index in [0.717, 1.165) is 83.5 Å². The Morgan fingerprint density at radius 1 is 0.323 bits per heavy atom. The van der Waals surface area contributed by atoms with Gasteiger partial charge in [-0.2, -0.15) is 0 Å². The topological polar surface area (TPSA) is 78.9 Å². The van der Waals surface area contributed by atoms with E-state index in [-0.39, 0.29) is 31.1 Å². The molecule has 0 amide bonds. The Morgan fingerprint density at radius 2 is 0.613 bits per heavy atom. The zero-order chi connectivity index (χ0) is 45.1. The van der Waals surface area contributed by atoms with Crippen LogP contribution >= 0.6 is 0 Å². The summed E-state index contributed by atoms with van der Waals surface area (Å²) in [5.74, 6) is -0.897. The zero-order valence-corrected chi connectivity index (χ0v) is 40.9. The molecule has 358 valence electrons. The van der Waals surface area contributed by atoms with Crippen molar-refractivity contribution in [1.29, 1.82) is 0 Å². The molecule has 0 aliphatic heterocycles. The van der Waals surface area contributed by atoms with E-state index in [0.29, 0.717) is 19.3 Å². The Hall–Kier alpha value is -2.89. The average molecular weight is 867 g/mol. The van der Waals surface area contributed by atoms with Crippen molar-refractivity contribution in [2.75, 3.05) is 13.2 Å². The number of ether oxygens (including phenoxy) is 3. The fourth-order valence-corrected chi connectivity index (χ4v) is 7.41. The third-order valence-corrected chi connectivity index (χ3v) is 11.4. The molecule has 1 unspecified atom stereocenters. The molecular formula is C56H98O6. The van der Waals surface area contributed by atoms with Gasteiger partial charge in [0, 0.05) is 19.3 Å². The lowest BCUT2D eigenvalue weighted by Gasteiger charge is -2.18. The third-order valence-electron chi connectivity index (χ3n) is 11.4. The number of hydrogen-bond donors (Lipinski definition) is 0. The van der Waals surface area contributed by atoms with E-state index in [9.17, 15) is 14.4 Å². The van der Waals surface area contributed by atoms with Gasteiger partial charge >= 0.3 is 17.9 Å². The van der Waals surface area contributed by atoms with Crippen molar-refractivity contribution in [3.05, 3.63) is 60.8 Å². The molecule has 0 saturated carbocycles. The minimum atomic E-state index is -0.780. The van der Waals surface area contributed by atoms with Crippen molar-refractivity contribution in [3.8, 4) is 0 Å². The lowest BCUT2D eigenvalue weighted by molar-refractivity contribution is -0.167. The Kier molecular flexibility index (Phi) is 48.4. The standard InChI is InChI=1S/C56H98O6/c1-4-7-10-13-16-19-22-24-26-27-28-30-31-34-37-40-43-46-49-55(58)61-52-53(51-60-54(57)48-45-42-39-36-33-21-18-15-12-9-6-3)62-56(59)50-47-44-41-38-35-32-29-25-23-20-17-14-11-8-5-2/h10,13,16,19,22,24,26-28,30,53H,4-9,11-12,14-15,17-18,20-21,23,25,29,31-52H2,1-3H3/b13-10-,19-16-,24-22-,27-26-,30-28-. The summed E-state index contributed by atoms with van der Waals surface area (Å²) in [6.45, 7) is 6.54. The molecule has 0 radical (unpaired) electrons. The molecule has 0 aromatic carbocycles. The van der Waals surface area contributed by atoms with Gasteiger partial charge < -0.3 is 14.2 Å². The Balaban J connectivity index is 4.40. The smallest absolute Gasteiger partial charge is 0.306 e. The Bertz CT molecular complexity index is 1130. The molecule has 0 aliphatic carbocycles. The molecule has 62 heavy (non-hydrogen) atoms. The average Bonchev–Trinajstić information content (AvgIpc) is 3.27. The summed E-state index contributed by atoms with van der Waals surface area (Å²) in [5.41, 5.74) is 0. The van der Waals surface area contributed by atoms with Crippen LogP contribution in [0.2, 0.25) is 0 Å². The van der Waals surface area contributed by atoms with Crippen LogP contribution in [0.1, 0.15) is 258 Å². The third kappa shape index (κ3) is 48.1. The molecule has 0 aromatic heterocycles. The summed E-state index contributed by atoms with van der Waals surface area (Å²) in [5, 5.41) is 0. The zero-order valence-electron chi connectivity index (χ0n) is 40.9. The predicted molar refractivity (Wildman–Crippen MR) is 265 cm³/mol. The molecule has 1 atom stereocenters. The molecular weight excluding hydrogens is 769 g/mol. The fraction of sp³-hybridized carbons (Fsp3) is 0.768. The van der Waals surface area contributed by atoms with Crippen molar-refractivity contribution in [2.24, 2.45) is 0 Å². The van der Waals surface area contributed by atoms with E-state index in [1.54, 1.807) is 0 Å². The highest BCUT2D eigenvalue weighted by atomic mass is 16.6. The van der Waals surface area contributed by atoms with Crippen LogP contribution in [0.25, 0.3) is 0 Å². The number of hydrogen-bond acceptors (Lipinski definition) is 6. The molecule has 0 spiro atoms. The molecule has 0 heterocycles. The van der Waals surface area contributed by atoms with Gasteiger partial charge in [-0.3, -0.25) is 14.4 Å². The van der Waals surface area contributed by atoms with Crippen molar-refractivity contribution in [1.82, 2.24) is 0 Å². The maximum atomic E-state index is 12.8. The number of carbonyl (C=O) groups is 3. The Morgan fingerprint density at radius 3 is 0.968 bits per heavy atom. The second-order valence-electron chi connectivity index (χ2n) is 17.6. The van der Waals surface area contributed by atoms with Crippen LogP contribution in [0, 0.1) is 0 Å². The molecule has 0 N–H and O–H groups in total. The quantitative estimate of drug-likeness (QED) is 0.0262. The van der Waals surface area contributed by atoms with Gasteiger partial charge in [0.2, 0.25) is 0 Å². The molecule has 6 nitrogen and oxygen atoms in total. The number of rotatable bonds is 47. The van der Waals surface area contributed by atoms with Crippen LogP contribution in [0.15, 0.2) is 60.8 Å². The monoisotopic (exact) mass is 867 g/mol. The van der Waals surface area contributed by atoms with Crippen molar-refractivity contribution in [3.63, 3.8) is 0 Å². The molecule has 0 bridgehead atoms. The first-order valence-electron chi connectivity index (χ1n) is 26.4. The van der Waals surface area contributed by atoms with E-state index in [1.165, 1.54) is 135 Å². The van der Waals surface area contributed by atoms with Gasteiger partial charge in [0.1, 0.15) is 13.2 Å². The summed E-state index contributed by atoms with van der Waals surface area (Å²) in [4.78, 5) is 38.0. The van der Waals surface area contributed by atoms with Crippen LogP contribution in [0.5, 0.6) is 0 Å². The minimum absolute atomic E-state index is 0.0793. The van der Waals surface area contributed by atoms with Gasteiger partial charge in [-0.25, -0.2) is 0 Å². The highest BCUT2D eigenvalue weighted by Gasteiger charge is 2.19. The van der Waals surface area contributed by atoms with E-state index in [1.807, 2.05) is 24.3 Å². The van der Waals surface area contributed by atoms with Crippen LogP contribution < -0.4 is 0 Å². The summed E-state index contributed by atoms with van der Waals surface area (Å²) in [6.07, 6.45) is 61.9. The SMILES string of the molecule is CCC\C=C/C=C\C=C/C=C\C=C/CCCCCCCC(=O)OCC(COC(=O)CCCCCCCCCCCCC)OC(=O)CCCCCCCCCCCCCCCCC. The van der Waals surface area contributed by atoms with Crippen molar-refractivity contribution in [2.45, 2.75) is 264 Å². The summed E-state index contributed by atoms with van der Waals surface area (Å²) in [6, 6.07) is 0. The Labute approximate surface area is 383 Å². The van der Waals surface area contributed by atoms with E-state index < -0.39 is 6.10 Å². The first-order valence-corrected chi connectivity index (χ1v) is 26.4. The lowest BCUT2D eigenvalue weighted by atomic mass is 10.0. The first-order chi connectivity index (χ1) is 30.5. The number of unbranched alkanes of at least 4 members (excludes halogenated alkanes) is 30. The van der Waals surface area contributed by atoms with Crippen LogP contribution in [-0.2, 0) is 28.6 Å². The maximum absolute atomic E-state index is 12.8. The first kappa shape index (κ1) is 59.1. The highest BCUT2D eigenvalue weighted by molar-refractivity contribution is 5.71. The van der Waals surface area contributed by atoms with Crippen LogP contribution in [0.4, 0.5) is 0 Å². The molecule has 0 aliphatic rings. The van der Waals surface area contributed by atoms with Gasteiger partial charge in [-0.15, -0.1) is 0 Å². The van der Waals surface area contributed by atoms with Crippen molar-refractivity contribution >= 4 is 17.9 Å². The summed E-state index contributed by atoms with van der Waals surface area (Å²) in [7, 11) is 0. The van der Waals surface area contributed by atoms with Crippen molar-refractivity contribution < 1.29 is 28.6 Å². The number of esters is 3. The lowest BCUT2D eigenvalue weighted by Crippen LogP contribution is -2.30. The minimum Gasteiger partial charge on any atom is -0.462 e. The predicted octanol–water partition coefficient (Wildman–Crippen LogP) is 17.3. The van der Waals surface area contributed by atoms with E-state index in [4.69, 9.17) is 14.2 Å².